The van der Waals surface area contributed by atoms with Crippen LogP contribution in [0.3, 0.4) is 0 Å². The average Bonchev–Trinajstić information content (AvgIpc) is 3.39. The van der Waals surface area contributed by atoms with E-state index in [0.717, 1.165) is 30.4 Å². The zero-order valence-corrected chi connectivity index (χ0v) is 31.5. The smallest absolute Gasteiger partial charge is 0.410 e. The summed E-state index contributed by atoms with van der Waals surface area (Å²) in [7, 11) is 0. The van der Waals surface area contributed by atoms with Crippen molar-refractivity contribution in [1.82, 2.24) is 25.9 Å². The first kappa shape index (κ1) is 38.6. The highest BCUT2D eigenvalue weighted by Crippen LogP contribution is 2.45. The van der Waals surface area contributed by atoms with Crippen molar-refractivity contribution >= 4 is 29.9 Å². The van der Waals surface area contributed by atoms with E-state index in [0.29, 0.717) is 36.1 Å². The zero-order valence-electron chi connectivity index (χ0n) is 31.5. The van der Waals surface area contributed by atoms with E-state index in [9.17, 15) is 28.4 Å². The fourth-order valence-corrected chi connectivity index (χ4v) is 7.53. The van der Waals surface area contributed by atoms with Crippen LogP contribution in [0.4, 0.5) is 14.0 Å². The molecule has 1 saturated carbocycles. The molecule has 2 fully saturated rings. The van der Waals surface area contributed by atoms with Gasteiger partial charge in [0.1, 0.15) is 35.1 Å². The summed E-state index contributed by atoms with van der Waals surface area (Å²) >= 11 is 0. The molecule has 0 bridgehead atoms. The van der Waals surface area contributed by atoms with E-state index in [4.69, 9.17) is 14.3 Å². The Morgan fingerprint density at radius 2 is 1.78 bits per heavy atom. The zero-order chi connectivity index (χ0) is 38.8. The van der Waals surface area contributed by atoms with Gasteiger partial charge in [0.05, 0.1) is 13.1 Å². The third-order valence-electron chi connectivity index (χ3n) is 10.2. The minimum Gasteiger partial charge on any atom is -0.444 e. The predicted octanol–water partition coefficient (Wildman–Crippen LogP) is 5.26. The molecular weight excluding hydrogens is 697 g/mol. The monoisotopic (exact) mass is 747 g/mol. The molecule has 3 N–H and O–H groups in total. The van der Waals surface area contributed by atoms with Crippen LogP contribution in [0.1, 0.15) is 88.0 Å². The molecule has 0 radical (unpaired) electrons. The van der Waals surface area contributed by atoms with Crippen molar-refractivity contribution in [2.75, 3.05) is 6.54 Å². The number of carbonyl (C=O) groups excluding carboxylic acids is 5. The maximum atomic E-state index is 14.5. The van der Waals surface area contributed by atoms with Crippen molar-refractivity contribution in [3.8, 4) is 5.75 Å². The highest BCUT2D eigenvalue weighted by atomic mass is 19.1. The maximum absolute atomic E-state index is 14.5. The molecule has 3 aliphatic heterocycles. The number of carbonyl (C=O) groups is 5. The molecule has 1 saturated heterocycles. The van der Waals surface area contributed by atoms with E-state index in [1.54, 1.807) is 45.0 Å². The van der Waals surface area contributed by atoms with Crippen LogP contribution in [0.15, 0.2) is 48.6 Å². The maximum Gasteiger partial charge on any atom is 0.410 e. The Morgan fingerprint density at radius 3 is 2.50 bits per heavy atom. The summed E-state index contributed by atoms with van der Waals surface area (Å²) in [5.74, 6) is -1.98. The third-order valence-corrected chi connectivity index (χ3v) is 10.2. The number of amides is 5. The molecule has 5 atom stereocenters. The summed E-state index contributed by atoms with van der Waals surface area (Å²) in [5.41, 5.74) is 3.36. The first-order valence-corrected chi connectivity index (χ1v) is 18.7. The lowest BCUT2D eigenvalue weighted by Crippen LogP contribution is -2.58. The summed E-state index contributed by atoms with van der Waals surface area (Å²) < 4.78 is 25.8. The molecule has 290 valence electrons. The van der Waals surface area contributed by atoms with Gasteiger partial charge < -0.3 is 29.8 Å². The number of hydrogen-bond acceptors (Lipinski definition) is 8. The van der Waals surface area contributed by atoms with Gasteiger partial charge in [0.25, 0.3) is 5.91 Å². The quantitative estimate of drug-likeness (QED) is 0.277. The van der Waals surface area contributed by atoms with Crippen molar-refractivity contribution in [3.05, 3.63) is 76.6 Å². The number of nitrogens with one attached hydrogen (secondary N) is 3. The Bertz CT molecular complexity index is 1810. The molecule has 0 unspecified atom stereocenters. The normalized spacial score (nSPS) is 26.2. The number of rotatable bonds is 5. The van der Waals surface area contributed by atoms with Crippen LogP contribution in [0.5, 0.6) is 5.75 Å². The molecule has 2 aromatic carbocycles. The first-order valence-electron chi connectivity index (χ1n) is 18.7. The van der Waals surface area contributed by atoms with Crippen LogP contribution in [0, 0.1) is 25.6 Å². The minimum absolute atomic E-state index is 0.0265. The number of hydrogen-bond donors (Lipinski definition) is 3. The summed E-state index contributed by atoms with van der Waals surface area (Å²) in [4.78, 5) is 77.3. The van der Waals surface area contributed by atoms with Gasteiger partial charge in [-0.15, -0.1) is 0 Å². The molecule has 1 aliphatic carbocycles. The van der Waals surface area contributed by atoms with E-state index in [1.807, 2.05) is 32.1 Å². The number of fused-ring (bicyclic) bond motifs is 3. The number of allylic oxidation sites excluding steroid dienone is 1. The minimum atomic E-state index is -1.35. The van der Waals surface area contributed by atoms with E-state index in [-0.39, 0.29) is 32.0 Å². The average molecular weight is 748 g/mol. The lowest BCUT2D eigenvalue weighted by molar-refractivity contribution is -0.142. The first-order chi connectivity index (χ1) is 25.6. The van der Waals surface area contributed by atoms with Crippen molar-refractivity contribution in [3.63, 3.8) is 0 Å². The van der Waals surface area contributed by atoms with Crippen molar-refractivity contribution in [2.45, 2.75) is 122 Å². The highest BCUT2D eigenvalue weighted by molar-refractivity contribution is 5.98. The summed E-state index contributed by atoms with van der Waals surface area (Å²) in [5, 5.41) is 5.65. The molecule has 54 heavy (non-hydrogen) atoms. The van der Waals surface area contributed by atoms with Crippen LogP contribution in [-0.2, 0) is 36.9 Å². The number of ether oxygens (including phenoxy) is 2. The van der Waals surface area contributed by atoms with E-state index in [2.05, 4.69) is 16.1 Å². The fourth-order valence-electron chi connectivity index (χ4n) is 7.53. The Hall–Kier alpha value is -5.14. The van der Waals surface area contributed by atoms with Gasteiger partial charge >= 0.3 is 12.2 Å². The third kappa shape index (κ3) is 8.96. The van der Waals surface area contributed by atoms with Gasteiger partial charge in [-0.1, -0.05) is 43.2 Å². The standard InChI is InChI=1S/C40H50FN5O8/c1-24-16-25(2)18-28(17-24)54-44-36(49)40-20-27(40)13-9-7-6-8-10-15-32(42-37(50)53-39(3,4)5)35(48)46-22-29(19-33(46)34(47)43-40)52-38(51)45-21-26-12-11-14-31(41)30(26)23-45/h9,11-14,16-18,27,29,32-33H,6-8,10,15,19-23H2,1-5H3,(H,42,50)(H,43,47)(H,44,49)/b13-9-/t27-,29+,32-,33-,40+/m0/s1. The highest BCUT2D eigenvalue weighted by Gasteiger charge is 2.61. The summed E-state index contributed by atoms with van der Waals surface area (Å²) in [6.07, 6.45) is 5.01. The van der Waals surface area contributed by atoms with Crippen molar-refractivity contribution in [2.24, 2.45) is 5.92 Å². The van der Waals surface area contributed by atoms with Crippen LogP contribution in [0.2, 0.25) is 0 Å². The molecule has 4 aliphatic rings. The van der Waals surface area contributed by atoms with Gasteiger partial charge in [0.15, 0.2) is 5.75 Å². The van der Waals surface area contributed by atoms with Crippen molar-refractivity contribution in [1.29, 1.82) is 0 Å². The van der Waals surface area contributed by atoms with Gasteiger partial charge in [0.2, 0.25) is 11.8 Å². The number of halogens is 1. The van der Waals surface area contributed by atoms with Crippen molar-refractivity contribution < 1.29 is 42.7 Å². The molecule has 14 heteroatoms. The molecule has 3 heterocycles. The SMILES string of the molecule is Cc1cc(C)cc(ONC(=O)[C@@]23C[C@@H]2/C=C\CCCCC[C@H](NC(=O)OC(C)(C)C)C(=O)N2C[C@H](OC(=O)N4Cc5cccc(F)c5C4)C[C@H]2C(=O)N3)c1. The lowest BCUT2D eigenvalue weighted by atomic mass is 10.0. The second-order valence-corrected chi connectivity index (χ2v) is 15.9. The number of hydroxylamine groups is 1. The Balaban J connectivity index is 1.24. The molecule has 2 aromatic rings. The van der Waals surface area contributed by atoms with Gasteiger partial charge in [-0.25, -0.2) is 14.0 Å². The van der Waals surface area contributed by atoms with Gasteiger partial charge in [-0.2, -0.15) is 5.48 Å². The van der Waals surface area contributed by atoms with Crippen LogP contribution in [0.25, 0.3) is 0 Å². The van der Waals surface area contributed by atoms with Gasteiger partial charge in [-0.05, 0) is 95.2 Å². The topological polar surface area (TPSA) is 156 Å². The molecule has 0 aromatic heterocycles. The molecule has 0 spiro atoms. The van der Waals surface area contributed by atoms with E-state index >= 15 is 0 Å². The van der Waals surface area contributed by atoms with Crippen LogP contribution < -0.4 is 21.0 Å². The molecule has 6 rings (SSSR count). The largest absolute Gasteiger partial charge is 0.444 e. The second-order valence-electron chi connectivity index (χ2n) is 15.9. The summed E-state index contributed by atoms with van der Waals surface area (Å²) in [6.45, 7) is 9.03. The predicted molar refractivity (Wildman–Crippen MR) is 195 cm³/mol. The number of alkyl carbamates (subject to hydrolysis) is 1. The molecular formula is C40H50FN5O8. The van der Waals surface area contributed by atoms with E-state index < -0.39 is 65.1 Å². The second kappa shape index (κ2) is 15.7. The van der Waals surface area contributed by atoms with Crippen LogP contribution >= 0.6 is 0 Å². The molecule has 13 nitrogen and oxygen atoms in total. The van der Waals surface area contributed by atoms with Gasteiger partial charge in [0, 0.05) is 24.4 Å². The number of aryl methyl sites for hydroxylation is 2. The summed E-state index contributed by atoms with van der Waals surface area (Å²) in [6, 6.07) is 8.04. The number of nitrogens with zero attached hydrogens (tertiary/aromatic N) is 2. The molecule has 5 amide bonds. The Labute approximate surface area is 314 Å². The Morgan fingerprint density at radius 1 is 1.02 bits per heavy atom. The van der Waals surface area contributed by atoms with Crippen LogP contribution in [-0.4, -0.2) is 75.6 Å². The lowest BCUT2D eigenvalue weighted by Gasteiger charge is -2.30. The van der Waals surface area contributed by atoms with E-state index in [1.165, 1.54) is 15.9 Å². The Kier molecular flexibility index (Phi) is 11.2. The van der Waals surface area contributed by atoms with Gasteiger partial charge in [-0.3, -0.25) is 19.3 Å². The number of benzene rings is 2. The fraction of sp³-hybridized carbons (Fsp3) is 0.525.